The Hall–Kier alpha value is -0.0900. The van der Waals surface area contributed by atoms with E-state index in [4.69, 9.17) is 11.6 Å². The van der Waals surface area contributed by atoms with Gasteiger partial charge in [-0.25, -0.2) is 0 Å². The number of aliphatic hydroxyl groups is 1. The number of β-amino-alcohol motifs (C(OH)–C–C–N with tert-alkyl or cyclic N) is 1. The van der Waals surface area contributed by atoms with Crippen LogP contribution in [0, 0.1) is 0 Å². The average molecular weight is 291 g/mol. The number of rotatable bonds is 1. The minimum atomic E-state index is -0.838. The Balaban J connectivity index is 2.42. The molecule has 1 aromatic rings. The maximum absolute atomic E-state index is 10.5. The molecule has 0 amide bonds. The highest BCUT2D eigenvalue weighted by molar-refractivity contribution is 9.10. The number of benzene rings is 1. The van der Waals surface area contributed by atoms with E-state index >= 15 is 0 Å². The Labute approximate surface area is 103 Å². The highest BCUT2D eigenvalue weighted by Gasteiger charge is 2.34. The molecule has 1 saturated heterocycles. The van der Waals surface area contributed by atoms with Crippen molar-refractivity contribution in [1.82, 2.24) is 5.32 Å². The van der Waals surface area contributed by atoms with E-state index in [-0.39, 0.29) is 0 Å². The summed E-state index contributed by atoms with van der Waals surface area (Å²) in [6, 6.07) is 5.59. The molecule has 1 aromatic carbocycles. The summed E-state index contributed by atoms with van der Waals surface area (Å²) in [7, 11) is 0. The van der Waals surface area contributed by atoms with Crippen molar-refractivity contribution in [1.29, 1.82) is 0 Å². The van der Waals surface area contributed by atoms with Gasteiger partial charge in [-0.15, -0.1) is 0 Å². The molecule has 0 aromatic heterocycles. The van der Waals surface area contributed by atoms with Crippen molar-refractivity contribution in [2.24, 2.45) is 0 Å². The van der Waals surface area contributed by atoms with Crippen LogP contribution in [0.5, 0.6) is 0 Å². The molecule has 2 rings (SSSR count). The molecule has 0 spiro atoms. The van der Waals surface area contributed by atoms with Gasteiger partial charge in [0.2, 0.25) is 0 Å². The van der Waals surface area contributed by atoms with Crippen LogP contribution in [0.15, 0.2) is 22.7 Å². The van der Waals surface area contributed by atoms with Crippen LogP contribution in [0.1, 0.15) is 18.4 Å². The van der Waals surface area contributed by atoms with Gasteiger partial charge in [0.25, 0.3) is 0 Å². The standard InChI is InChI=1S/C11H13BrClNO/c12-8-3-1-4-9(13)10(8)11(15)5-2-6-14-7-11/h1,3-4,14-15H,2,5-7H2. The van der Waals surface area contributed by atoms with Crippen molar-refractivity contribution < 1.29 is 5.11 Å². The Kier molecular flexibility index (Phi) is 3.36. The van der Waals surface area contributed by atoms with Gasteiger partial charge in [0, 0.05) is 21.6 Å². The molecule has 82 valence electrons. The van der Waals surface area contributed by atoms with Crippen molar-refractivity contribution >= 4 is 27.5 Å². The lowest BCUT2D eigenvalue weighted by atomic mass is 9.87. The smallest absolute Gasteiger partial charge is 0.105 e. The molecule has 2 nitrogen and oxygen atoms in total. The molecule has 0 radical (unpaired) electrons. The van der Waals surface area contributed by atoms with Crippen LogP contribution in [0.2, 0.25) is 5.02 Å². The van der Waals surface area contributed by atoms with E-state index in [1.54, 1.807) is 0 Å². The van der Waals surface area contributed by atoms with Gasteiger partial charge in [-0.1, -0.05) is 33.6 Å². The van der Waals surface area contributed by atoms with Crippen LogP contribution >= 0.6 is 27.5 Å². The van der Waals surface area contributed by atoms with E-state index < -0.39 is 5.60 Å². The van der Waals surface area contributed by atoms with Gasteiger partial charge in [0.15, 0.2) is 0 Å². The number of halogens is 2. The van der Waals surface area contributed by atoms with Crippen LogP contribution in [0.4, 0.5) is 0 Å². The molecule has 1 unspecified atom stereocenters. The third-order valence-electron chi connectivity index (χ3n) is 2.79. The third kappa shape index (κ3) is 2.21. The third-order valence-corrected chi connectivity index (χ3v) is 3.77. The zero-order valence-electron chi connectivity index (χ0n) is 8.26. The van der Waals surface area contributed by atoms with Gasteiger partial charge in [0.05, 0.1) is 0 Å². The van der Waals surface area contributed by atoms with Crippen molar-refractivity contribution in [3.63, 3.8) is 0 Å². The van der Waals surface area contributed by atoms with Crippen LogP contribution in [-0.2, 0) is 5.60 Å². The van der Waals surface area contributed by atoms with E-state index in [0.29, 0.717) is 11.6 Å². The van der Waals surface area contributed by atoms with Crippen LogP contribution in [-0.4, -0.2) is 18.2 Å². The lowest BCUT2D eigenvalue weighted by Gasteiger charge is -2.34. The summed E-state index contributed by atoms with van der Waals surface area (Å²) in [6.45, 7) is 1.53. The molecule has 4 heteroatoms. The Morgan fingerprint density at radius 2 is 2.27 bits per heavy atom. The minimum absolute atomic E-state index is 0.565. The summed E-state index contributed by atoms with van der Waals surface area (Å²) in [5, 5.41) is 14.3. The van der Waals surface area contributed by atoms with E-state index in [1.165, 1.54) is 0 Å². The van der Waals surface area contributed by atoms with Gasteiger partial charge >= 0.3 is 0 Å². The molecule has 1 aliphatic rings. The first-order chi connectivity index (χ1) is 7.13. The van der Waals surface area contributed by atoms with Gasteiger partial charge in [0.1, 0.15) is 5.60 Å². The van der Waals surface area contributed by atoms with Gasteiger partial charge in [-0.05, 0) is 31.5 Å². The molecule has 0 bridgehead atoms. The second-order valence-corrected chi connectivity index (χ2v) is 5.17. The van der Waals surface area contributed by atoms with Crippen LogP contribution in [0.3, 0.4) is 0 Å². The second-order valence-electron chi connectivity index (χ2n) is 3.91. The zero-order chi connectivity index (χ0) is 10.9. The Morgan fingerprint density at radius 1 is 1.47 bits per heavy atom. The molecule has 1 atom stereocenters. The summed E-state index contributed by atoms with van der Waals surface area (Å²) in [6.07, 6.45) is 1.72. The number of nitrogens with one attached hydrogen (secondary N) is 1. The quantitative estimate of drug-likeness (QED) is 0.833. The molecule has 2 N–H and O–H groups in total. The van der Waals surface area contributed by atoms with Crippen LogP contribution in [0.25, 0.3) is 0 Å². The zero-order valence-corrected chi connectivity index (χ0v) is 10.6. The normalized spacial score (nSPS) is 26.6. The number of hydrogen-bond acceptors (Lipinski definition) is 2. The fraction of sp³-hybridized carbons (Fsp3) is 0.455. The van der Waals surface area contributed by atoms with Crippen molar-refractivity contribution in [2.75, 3.05) is 13.1 Å². The summed E-state index contributed by atoms with van der Waals surface area (Å²) < 4.78 is 0.876. The first kappa shape index (κ1) is 11.4. The highest BCUT2D eigenvalue weighted by atomic mass is 79.9. The monoisotopic (exact) mass is 289 g/mol. The van der Waals surface area contributed by atoms with Crippen molar-refractivity contribution in [2.45, 2.75) is 18.4 Å². The molecule has 15 heavy (non-hydrogen) atoms. The lowest BCUT2D eigenvalue weighted by molar-refractivity contribution is 0.0117. The van der Waals surface area contributed by atoms with Gasteiger partial charge < -0.3 is 10.4 Å². The summed E-state index contributed by atoms with van der Waals surface area (Å²) in [5.41, 5.74) is -0.0334. The molecule has 1 aliphatic heterocycles. The van der Waals surface area contributed by atoms with Crippen molar-refractivity contribution in [3.05, 3.63) is 33.3 Å². The largest absolute Gasteiger partial charge is 0.384 e. The van der Waals surface area contributed by atoms with Crippen LogP contribution < -0.4 is 5.32 Å². The first-order valence-corrected chi connectivity index (χ1v) is 6.18. The SMILES string of the molecule is OC1(c2c(Cl)cccc2Br)CCCNC1. The maximum Gasteiger partial charge on any atom is 0.105 e. The highest BCUT2D eigenvalue weighted by Crippen LogP contribution is 2.38. The Bertz CT molecular complexity index is 343. The predicted octanol–water partition coefficient (Wildman–Crippen LogP) is 2.67. The van der Waals surface area contributed by atoms with Gasteiger partial charge in [-0.2, -0.15) is 0 Å². The molecule has 1 heterocycles. The maximum atomic E-state index is 10.5. The molecular formula is C11H13BrClNO. The first-order valence-electron chi connectivity index (χ1n) is 5.01. The van der Waals surface area contributed by atoms with Crippen molar-refractivity contribution in [3.8, 4) is 0 Å². The lowest BCUT2D eigenvalue weighted by Crippen LogP contribution is -2.43. The summed E-state index contributed by atoms with van der Waals surface area (Å²) in [4.78, 5) is 0. The van der Waals surface area contributed by atoms with E-state index in [2.05, 4.69) is 21.2 Å². The molecule has 1 fully saturated rings. The summed E-state index contributed by atoms with van der Waals surface area (Å²) >= 11 is 9.58. The number of piperidine rings is 1. The van der Waals surface area contributed by atoms with E-state index in [1.807, 2.05) is 18.2 Å². The topological polar surface area (TPSA) is 32.3 Å². The summed E-state index contributed by atoms with van der Waals surface area (Å²) in [5.74, 6) is 0. The van der Waals surface area contributed by atoms with E-state index in [9.17, 15) is 5.11 Å². The van der Waals surface area contributed by atoms with E-state index in [0.717, 1.165) is 29.4 Å². The second kappa shape index (κ2) is 4.42. The molecular weight excluding hydrogens is 277 g/mol. The molecule has 0 saturated carbocycles. The fourth-order valence-electron chi connectivity index (χ4n) is 2.05. The average Bonchev–Trinajstić information content (AvgIpc) is 2.18. The molecule has 0 aliphatic carbocycles. The fourth-order valence-corrected chi connectivity index (χ4v) is 3.24. The Morgan fingerprint density at radius 3 is 2.87 bits per heavy atom. The minimum Gasteiger partial charge on any atom is -0.384 e. The number of hydrogen-bond donors (Lipinski definition) is 2. The van der Waals surface area contributed by atoms with Gasteiger partial charge in [-0.3, -0.25) is 0 Å². The predicted molar refractivity (Wildman–Crippen MR) is 65.2 cm³/mol.